The Kier molecular flexibility index (Phi) is 6.49. The molecule has 0 saturated carbocycles. The summed E-state index contributed by atoms with van der Waals surface area (Å²) in [5.74, 6) is -0.522. The molecule has 0 spiro atoms. The van der Waals surface area contributed by atoms with E-state index in [2.05, 4.69) is 0 Å². The van der Waals surface area contributed by atoms with Gasteiger partial charge >= 0.3 is 5.97 Å². The lowest BCUT2D eigenvalue weighted by molar-refractivity contribution is -0.155. The lowest BCUT2D eigenvalue weighted by atomic mass is 10.1. The first kappa shape index (κ1) is 13.4. The zero-order valence-electron chi connectivity index (χ0n) is 9.45. The molecule has 0 aliphatic carbocycles. The molecule has 0 aromatic heterocycles. The number of ether oxygens (including phenoxy) is 2. The van der Waals surface area contributed by atoms with Crippen molar-refractivity contribution in [3.63, 3.8) is 0 Å². The van der Waals surface area contributed by atoms with E-state index in [0.717, 1.165) is 0 Å². The Bertz CT molecular complexity index is 171. The predicted molar refractivity (Wildman–Crippen MR) is 54.9 cm³/mol. The lowest BCUT2D eigenvalue weighted by Gasteiger charge is -2.18. The summed E-state index contributed by atoms with van der Waals surface area (Å²) in [6, 6.07) is -0.179. The smallest absolute Gasteiger partial charge is 0.310 e. The van der Waals surface area contributed by atoms with Crippen LogP contribution in [0.5, 0.6) is 0 Å². The number of carbonyl (C=O) groups is 1. The van der Waals surface area contributed by atoms with Crippen LogP contribution in [0.3, 0.4) is 0 Å². The largest absolute Gasteiger partial charge is 0.460 e. The number of hydrogen-bond acceptors (Lipinski definition) is 4. The molecule has 0 saturated heterocycles. The van der Waals surface area contributed by atoms with Gasteiger partial charge in [0.15, 0.2) is 0 Å². The average Bonchev–Trinajstić information content (AvgIpc) is 2.13. The van der Waals surface area contributed by atoms with Crippen LogP contribution in [0.1, 0.15) is 27.7 Å². The summed E-state index contributed by atoms with van der Waals surface area (Å²) in [6.45, 7) is 8.33. The fourth-order valence-corrected chi connectivity index (χ4v) is 0.838. The van der Waals surface area contributed by atoms with E-state index in [9.17, 15) is 4.79 Å². The molecule has 0 amide bonds. The summed E-state index contributed by atoms with van der Waals surface area (Å²) in [4.78, 5) is 11.4. The maximum Gasteiger partial charge on any atom is 0.310 e. The highest BCUT2D eigenvalue weighted by atomic mass is 16.6. The number of rotatable bonds is 6. The first-order chi connectivity index (χ1) is 6.49. The number of hydrogen-bond donors (Lipinski definition) is 1. The molecule has 3 unspecified atom stereocenters. The molecule has 0 heterocycles. The summed E-state index contributed by atoms with van der Waals surface area (Å²) in [7, 11) is 0. The van der Waals surface area contributed by atoms with Crippen LogP contribution in [-0.2, 0) is 14.3 Å². The Morgan fingerprint density at radius 2 is 1.93 bits per heavy atom. The molecule has 4 heteroatoms. The number of carbonyl (C=O) groups excluding carboxylic acids is 1. The van der Waals surface area contributed by atoms with Crippen LogP contribution in [0.4, 0.5) is 0 Å². The van der Waals surface area contributed by atoms with E-state index in [1.807, 2.05) is 13.8 Å². The van der Waals surface area contributed by atoms with E-state index in [1.54, 1.807) is 13.8 Å². The van der Waals surface area contributed by atoms with Crippen molar-refractivity contribution < 1.29 is 14.3 Å². The highest BCUT2D eigenvalue weighted by Gasteiger charge is 2.20. The zero-order chi connectivity index (χ0) is 11.1. The van der Waals surface area contributed by atoms with E-state index in [-0.39, 0.29) is 24.0 Å². The van der Waals surface area contributed by atoms with Crippen molar-refractivity contribution in [2.45, 2.75) is 39.8 Å². The molecule has 0 fully saturated rings. The summed E-state index contributed by atoms with van der Waals surface area (Å²) >= 11 is 0. The molecule has 2 N–H and O–H groups in total. The van der Waals surface area contributed by atoms with Crippen LogP contribution in [0, 0.1) is 5.92 Å². The highest BCUT2D eigenvalue weighted by molar-refractivity contribution is 5.72. The van der Waals surface area contributed by atoms with Crippen molar-refractivity contribution in [1.82, 2.24) is 0 Å². The fourth-order valence-electron chi connectivity index (χ4n) is 0.838. The Hall–Kier alpha value is -0.610. The maximum atomic E-state index is 11.4. The van der Waals surface area contributed by atoms with Crippen molar-refractivity contribution >= 4 is 5.97 Å². The first-order valence-corrected chi connectivity index (χ1v) is 5.02. The van der Waals surface area contributed by atoms with Gasteiger partial charge in [-0.15, -0.1) is 0 Å². The highest BCUT2D eigenvalue weighted by Crippen LogP contribution is 2.05. The van der Waals surface area contributed by atoms with E-state index < -0.39 is 0 Å². The third-order valence-electron chi connectivity index (χ3n) is 2.03. The number of nitrogens with two attached hydrogens (primary N) is 1. The van der Waals surface area contributed by atoms with Gasteiger partial charge in [-0.25, -0.2) is 0 Å². The zero-order valence-corrected chi connectivity index (χ0v) is 9.45. The minimum Gasteiger partial charge on any atom is -0.460 e. The van der Waals surface area contributed by atoms with Crippen molar-refractivity contribution in [3.8, 4) is 0 Å². The molecule has 0 rings (SSSR count). The van der Waals surface area contributed by atoms with Crippen LogP contribution >= 0.6 is 0 Å². The van der Waals surface area contributed by atoms with Crippen molar-refractivity contribution in [2.24, 2.45) is 11.7 Å². The van der Waals surface area contributed by atoms with E-state index in [1.165, 1.54) is 0 Å². The van der Waals surface area contributed by atoms with Gasteiger partial charge < -0.3 is 15.2 Å². The summed E-state index contributed by atoms with van der Waals surface area (Å²) in [6.07, 6.45) is -0.205. The molecule has 4 nitrogen and oxygen atoms in total. The normalized spacial score (nSPS) is 17.2. The van der Waals surface area contributed by atoms with Crippen LogP contribution < -0.4 is 5.73 Å². The van der Waals surface area contributed by atoms with Crippen LogP contribution in [0.2, 0.25) is 0 Å². The van der Waals surface area contributed by atoms with Gasteiger partial charge in [0, 0.05) is 12.6 Å². The second-order valence-corrected chi connectivity index (χ2v) is 3.55. The van der Waals surface area contributed by atoms with E-state index in [0.29, 0.717) is 13.2 Å². The van der Waals surface area contributed by atoms with Crippen molar-refractivity contribution in [3.05, 3.63) is 0 Å². The topological polar surface area (TPSA) is 61.5 Å². The summed E-state index contributed by atoms with van der Waals surface area (Å²) < 4.78 is 10.3. The fraction of sp³-hybridized carbons (Fsp3) is 0.900. The van der Waals surface area contributed by atoms with E-state index in [4.69, 9.17) is 15.2 Å². The van der Waals surface area contributed by atoms with Gasteiger partial charge in [-0.1, -0.05) is 6.92 Å². The molecule has 14 heavy (non-hydrogen) atoms. The molecule has 84 valence electrons. The minimum atomic E-state index is -0.265. The average molecular weight is 203 g/mol. The molecule has 3 atom stereocenters. The van der Waals surface area contributed by atoms with Crippen molar-refractivity contribution in [1.29, 1.82) is 0 Å². The van der Waals surface area contributed by atoms with Crippen LogP contribution in [-0.4, -0.2) is 31.3 Å². The third kappa shape index (κ3) is 5.19. The quantitative estimate of drug-likeness (QED) is 0.652. The van der Waals surface area contributed by atoms with Gasteiger partial charge in [0.2, 0.25) is 0 Å². The van der Waals surface area contributed by atoms with Gasteiger partial charge in [-0.3, -0.25) is 4.79 Å². The minimum absolute atomic E-state index is 0.179. The Labute approximate surface area is 85.8 Å². The molecule has 0 bridgehead atoms. The Morgan fingerprint density at radius 1 is 1.36 bits per heavy atom. The van der Waals surface area contributed by atoms with E-state index >= 15 is 0 Å². The molecule has 0 aromatic rings. The second kappa shape index (κ2) is 6.79. The standard InChI is InChI=1S/C10H21NO3/c1-5-13-6-7(2)14-10(12)8(3)9(4)11/h7-9H,5-6,11H2,1-4H3. The molecular formula is C10H21NO3. The first-order valence-electron chi connectivity index (χ1n) is 5.02. The molecule has 0 aliphatic rings. The second-order valence-electron chi connectivity index (χ2n) is 3.55. The van der Waals surface area contributed by atoms with Gasteiger partial charge in [0.05, 0.1) is 12.5 Å². The van der Waals surface area contributed by atoms with Crippen LogP contribution in [0.15, 0.2) is 0 Å². The van der Waals surface area contributed by atoms with Gasteiger partial charge in [0.1, 0.15) is 6.10 Å². The predicted octanol–water partition coefficient (Wildman–Crippen LogP) is 0.938. The monoisotopic (exact) mass is 203 g/mol. The summed E-state index contributed by atoms with van der Waals surface area (Å²) in [5.41, 5.74) is 5.58. The van der Waals surface area contributed by atoms with Gasteiger partial charge in [-0.05, 0) is 20.8 Å². The molecule has 0 radical (unpaired) electrons. The third-order valence-corrected chi connectivity index (χ3v) is 2.03. The lowest BCUT2D eigenvalue weighted by Crippen LogP contribution is -2.34. The molecule has 0 aliphatic heterocycles. The van der Waals surface area contributed by atoms with Crippen molar-refractivity contribution in [2.75, 3.05) is 13.2 Å². The SMILES string of the molecule is CCOCC(C)OC(=O)C(C)C(C)N. The number of esters is 1. The summed E-state index contributed by atoms with van der Waals surface area (Å²) in [5, 5.41) is 0. The van der Waals surface area contributed by atoms with Gasteiger partial charge in [0.25, 0.3) is 0 Å². The Morgan fingerprint density at radius 3 is 2.36 bits per heavy atom. The van der Waals surface area contributed by atoms with Gasteiger partial charge in [-0.2, -0.15) is 0 Å². The maximum absolute atomic E-state index is 11.4. The Balaban J connectivity index is 3.81. The molecular weight excluding hydrogens is 182 g/mol. The van der Waals surface area contributed by atoms with Crippen LogP contribution in [0.25, 0.3) is 0 Å². The molecule has 0 aromatic carbocycles.